The van der Waals surface area contributed by atoms with Crippen molar-refractivity contribution in [1.82, 2.24) is 0 Å². The van der Waals surface area contributed by atoms with Crippen LogP contribution in [0.2, 0.25) is 0 Å². The molecule has 0 bridgehead atoms. The normalized spacial score (nSPS) is 17.9. The van der Waals surface area contributed by atoms with Gasteiger partial charge in [0, 0.05) is 12.0 Å². The molecule has 1 aromatic rings. The minimum atomic E-state index is -4.27. The zero-order chi connectivity index (χ0) is 12.0. The lowest BCUT2D eigenvalue weighted by molar-refractivity contribution is 0.137. The van der Waals surface area contributed by atoms with Gasteiger partial charge in [0.05, 0.1) is 15.9 Å². The molecule has 0 aromatic heterocycles. The fraction of sp³-hybridized carbons (Fsp3) is 0.455. The Bertz CT molecular complexity index is 517. The minimum absolute atomic E-state index is 0.328. The molecule has 0 amide bonds. The summed E-state index contributed by atoms with van der Waals surface area (Å²) in [5.41, 5.74) is 1.09. The summed E-state index contributed by atoms with van der Waals surface area (Å²) in [5, 5.41) is 0. The van der Waals surface area contributed by atoms with Crippen molar-refractivity contribution in [1.29, 1.82) is 0 Å². The standard InChI is InChI=1S/C11H14O4S/c1-11(2)6-8-4-3-5-9(10(8)15-11)7-16(12,13)14/h3-5H,6-7H2,1-2H3,(H,12,13,14)/p-1. The minimum Gasteiger partial charge on any atom is -0.748 e. The highest BCUT2D eigenvalue weighted by Gasteiger charge is 2.31. The molecular weight excluding hydrogens is 228 g/mol. The number of fused-ring (bicyclic) bond motifs is 1. The maximum atomic E-state index is 10.8. The number of benzene rings is 1. The third kappa shape index (κ3) is 2.36. The Labute approximate surface area is 95.0 Å². The Hall–Kier alpha value is -1.07. The highest BCUT2D eigenvalue weighted by atomic mass is 32.2. The Morgan fingerprint density at radius 1 is 1.44 bits per heavy atom. The van der Waals surface area contributed by atoms with Crippen molar-refractivity contribution < 1.29 is 17.7 Å². The van der Waals surface area contributed by atoms with E-state index in [1.54, 1.807) is 12.1 Å². The van der Waals surface area contributed by atoms with Crippen molar-refractivity contribution >= 4 is 10.1 Å². The number of hydrogen-bond donors (Lipinski definition) is 0. The zero-order valence-electron chi connectivity index (χ0n) is 9.19. The van der Waals surface area contributed by atoms with Gasteiger partial charge < -0.3 is 9.29 Å². The summed E-state index contributed by atoms with van der Waals surface area (Å²) >= 11 is 0. The lowest BCUT2D eigenvalue weighted by atomic mass is 10.0. The fourth-order valence-electron chi connectivity index (χ4n) is 1.98. The van der Waals surface area contributed by atoms with Crippen LogP contribution in [0.15, 0.2) is 18.2 Å². The van der Waals surface area contributed by atoms with Crippen LogP contribution in [0.5, 0.6) is 5.75 Å². The third-order valence-corrected chi connectivity index (χ3v) is 3.17. The van der Waals surface area contributed by atoms with Crippen molar-refractivity contribution in [2.24, 2.45) is 0 Å². The quantitative estimate of drug-likeness (QED) is 0.735. The van der Waals surface area contributed by atoms with Gasteiger partial charge in [-0.15, -0.1) is 0 Å². The molecular formula is C11H13O4S-. The lowest BCUT2D eigenvalue weighted by Gasteiger charge is -2.18. The predicted octanol–water partition coefficient (Wildman–Crippen LogP) is 1.45. The van der Waals surface area contributed by atoms with Gasteiger partial charge in [-0.25, -0.2) is 8.42 Å². The van der Waals surface area contributed by atoms with Gasteiger partial charge in [0.2, 0.25) is 0 Å². The largest absolute Gasteiger partial charge is 0.748 e. The molecule has 5 heteroatoms. The second kappa shape index (κ2) is 3.46. The first kappa shape index (κ1) is 11.4. The van der Waals surface area contributed by atoms with Crippen LogP contribution in [0.1, 0.15) is 25.0 Å². The third-order valence-electron chi connectivity index (χ3n) is 2.50. The molecule has 0 unspecified atom stereocenters. The van der Waals surface area contributed by atoms with E-state index in [4.69, 9.17) is 4.74 Å². The molecule has 16 heavy (non-hydrogen) atoms. The first-order chi connectivity index (χ1) is 7.27. The predicted molar refractivity (Wildman–Crippen MR) is 58.3 cm³/mol. The topological polar surface area (TPSA) is 66.4 Å². The molecule has 0 aliphatic carbocycles. The summed E-state index contributed by atoms with van der Waals surface area (Å²) in [4.78, 5) is 0. The van der Waals surface area contributed by atoms with Crippen LogP contribution in [-0.4, -0.2) is 18.6 Å². The molecule has 2 rings (SSSR count). The number of para-hydroxylation sites is 1. The van der Waals surface area contributed by atoms with Gasteiger partial charge in [0.1, 0.15) is 11.4 Å². The van der Waals surface area contributed by atoms with Gasteiger partial charge in [0.15, 0.2) is 0 Å². The van der Waals surface area contributed by atoms with E-state index >= 15 is 0 Å². The van der Waals surface area contributed by atoms with E-state index < -0.39 is 15.9 Å². The number of rotatable bonds is 2. The molecule has 0 radical (unpaired) electrons. The van der Waals surface area contributed by atoms with Gasteiger partial charge in [-0.2, -0.15) is 0 Å². The summed E-state index contributed by atoms with van der Waals surface area (Å²) in [6.45, 7) is 3.87. The molecule has 1 aliphatic rings. The fourth-order valence-corrected chi connectivity index (χ4v) is 2.59. The van der Waals surface area contributed by atoms with E-state index in [1.807, 2.05) is 19.9 Å². The molecule has 0 saturated heterocycles. The number of hydrogen-bond acceptors (Lipinski definition) is 4. The van der Waals surface area contributed by atoms with Crippen molar-refractivity contribution in [3.05, 3.63) is 29.3 Å². The first-order valence-electron chi connectivity index (χ1n) is 5.00. The monoisotopic (exact) mass is 241 g/mol. The molecule has 88 valence electrons. The van der Waals surface area contributed by atoms with Gasteiger partial charge in [-0.05, 0) is 19.4 Å². The summed E-state index contributed by atoms with van der Waals surface area (Å²) in [5.74, 6) is 0.0543. The van der Waals surface area contributed by atoms with Gasteiger partial charge >= 0.3 is 0 Å². The van der Waals surface area contributed by atoms with E-state index in [0.29, 0.717) is 11.3 Å². The highest BCUT2D eigenvalue weighted by molar-refractivity contribution is 7.84. The smallest absolute Gasteiger partial charge is 0.127 e. The van der Waals surface area contributed by atoms with E-state index in [2.05, 4.69) is 0 Å². The van der Waals surface area contributed by atoms with E-state index in [9.17, 15) is 13.0 Å². The van der Waals surface area contributed by atoms with Crippen LogP contribution in [-0.2, 0) is 22.3 Å². The van der Waals surface area contributed by atoms with E-state index in [1.165, 1.54) is 0 Å². The Balaban J connectivity index is 2.41. The molecule has 1 aliphatic heterocycles. The van der Waals surface area contributed by atoms with Gasteiger partial charge in [-0.1, -0.05) is 18.2 Å². The molecule has 0 fully saturated rings. The maximum Gasteiger partial charge on any atom is 0.127 e. The second-order valence-corrected chi connectivity index (χ2v) is 6.05. The van der Waals surface area contributed by atoms with Crippen LogP contribution in [0.4, 0.5) is 0 Å². The summed E-state index contributed by atoms with van der Waals surface area (Å²) in [6, 6.07) is 5.27. The maximum absolute atomic E-state index is 10.8. The van der Waals surface area contributed by atoms with Crippen LogP contribution in [0, 0.1) is 0 Å². The van der Waals surface area contributed by atoms with Crippen molar-refractivity contribution in [2.45, 2.75) is 31.6 Å². The highest BCUT2D eigenvalue weighted by Crippen LogP contribution is 2.38. The summed E-state index contributed by atoms with van der Waals surface area (Å²) in [6.07, 6.45) is 0.731. The van der Waals surface area contributed by atoms with E-state index in [0.717, 1.165) is 12.0 Å². The summed E-state index contributed by atoms with van der Waals surface area (Å²) < 4.78 is 37.9. The molecule has 0 spiro atoms. The average Bonchev–Trinajstić information content (AvgIpc) is 2.37. The van der Waals surface area contributed by atoms with Crippen molar-refractivity contribution in [2.75, 3.05) is 0 Å². The Morgan fingerprint density at radius 2 is 2.12 bits per heavy atom. The average molecular weight is 241 g/mol. The van der Waals surface area contributed by atoms with Gasteiger partial charge in [0.25, 0.3) is 0 Å². The Morgan fingerprint density at radius 3 is 2.75 bits per heavy atom. The molecule has 0 saturated carbocycles. The molecule has 1 heterocycles. The molecule has 4 nitrogen and oxygen atoms in total. The van der Waals surface area contributed by atoms with Crippen LogP contribution in [0.25, 0.3) is 0 Å². The number of ether oxygens (including phenoxy) is 1. The zero-order valence-corrected chi connectivity index (χ0v) is 10.0. The molecule has 0 atom stereocenters. The van der Waals surface area contributed by atoms with Crippen molar-refractivity contribution in [3.8, 4) is 5.75 Å². The van der Waals surface area contributed by atoms with Crippen LogP contribution < -0.4 is 4.74 Å². The van der Waals surface area contributed by atoms with Crippen molar-refractivity contribution in [3.63, 3.8) is 0 Å². The lowest BCUT2D eigenvalue weighted by Crippen LogP contribution is -2.25. The summed E-state index contributed by atoms with van der Waals surface area (Å²) in [7, 11) is -4.27. The van der Waals surface area contributed by atoms with Crippen LogP contribution in [0.3, 0.4) is 0 Å². The van der Waals surface area contributed by atoms with Crippen LogP contribution >= 0.6 is 0 Å². The SMILES string of the molecule is CC1(C)Cc2cccc(CS(=O)(=O)[O-])c2O1. The van der Waals surface area contributed by atoms with Gasteiger partial charge in [-0.3, -0.25) is 0 Å². The molecule has 1 aromatic carbocycles. The molecule has 0 N–H and O–H groups in total. The Kier molecular flexibility index (Phi) is 2.47. The van der Waals surface area contributed by atoms with E-state index in [-0.39, 0.29) is 5.60 Å². The first-order valence-corrected chi connectivity index (χ1v) is 6.58. The second-order valence-electron chi connectivity index (χ2n) is 4.65.